The molecule has 0 aromatic heterocycles. The van der Waals surface area contributed by atoms with Crippen molar-refractivity contribution in [2.24, 2.45) is 11.7 Å². The summed E-state index contributed by atoms with van der Waals surface area (Å²) in [6.45, 7) is 0. The zero-order valence-corrected chi connectivity index (χ0v) is 16.5. The van der Waals surface area contributed by atoms with E-state index in [1.165, 1.54) is 25.7 Å². The largest absolute Gasteiger partial charge is 0.369 e. The van der Waals surface area contributed by atoms with Gasteiger partial charge in [-0.05, 0) is 29.9 Å². The van der Waals surface area contributed by atoms with Gasteiger partial charge in [0.25, 0.3) is 0 Å². The first kappa shape index (κ1) is 18.2. The summed E-state index contributed by atoms with van der Waals surface area (Å²) in [7, 11) is 4.72. The molecular formula is C24H31N2O+. The van der Waals surface area contributed by atoms with Gasteiger partial charge in [0.2, 0.25) is 5.91 Å². The Labute approximate surface area is 162 Å². The summed E-state index contributed by atoms with van der Waals surface area (Å²) in [6.07, 6.45) is 5.95. The predicted octanol–water partition coefficient (Wildman–Crippen LogP) is 3.87. The van der Waals surface area contributed by atoms with Crippen LogP contribution < -0.4 is 5.73 Å². The molecule has 3 heteroatoms. The molecule has 0 radical (unpaired) electrons. The van der Waals surface area contributed by atoms with Crippen LogP contribution >= 0.6 is 0 Å². The van der Waals surface area contributed by atoms with Gasteiger partial charge in [-0.15, -0.1) is 0 Å². The van der Waals surface area contributed by atoms with Gasteiger partial charge in [-0.25, -0.2) is 0 Å². The number of nitrogens with two attached hydrogens (primary N) is 1. The SMILES string of the molecule is C[N+]1(C)C2CCC(C2)CC1CC(C(N)=O)(c1ccccc1)c1ccccc1. The third kappa shape index (κ3) is 2.98. The van der Waals surface area contributed by atoms with E-state index in [0.717, 1.165) is 27.9 Å². The Morgan fingerprint density at radius 3 is 2.04 bits per heavy atom. The van der Waals surface area contributed by atoms with E-state index in [0.29, 0.717) is 12.1 Å². The first-order valence-electron chi connectivity index (χ1n) is 10.2. The Morgan fingerprint density at radius 1 is 0.963 bits per heavy atom. The van der Waals surface area contributed by atoms with E-state index < -0.39 is 5.41 Å². The van der Waals surface area contributed by atoms with Gasteiger partial charge >= 0.3 is 0 Å². The number of nitrogens with zero attached hydrogens (tertiary/aromatic N) is 1. The molecule has 3 unspecified atom stereocenters. The molecule has 2 aliphatic rings. The van der Waals surface area contributed by atoms with Crippen molar-refractivity contribution in [3.8, 4) is 0 Å². The quantitative estimate of drug-likeness (QED) is 0.805. The lowest BCUT2D eigenvalue weighted by Gasteiger charge is -2.49. The van der Waals surface area contributed by atoms with E-state index in [1.807, 2.05) is 36.4 Å². The summed E-state index contributed by atoms with van der Waals surface area (Å²) in [6, 6.07) is 21.5. The number of fused-ring (bicyclic) bond motifs is 2. The van der Waals surface area contributed by atoms with Crippen LogP contribution in [0.1, 0.15) is 43.2 Å². The van der Waals surface area contributed by atoms with E-state index in [9.17, 15) is 4.79 Å². The molecule has 2 aromatic carbocycles. The molecule has 2 bridgehead atoms. The smallest absolute Gasteiger partial charge is 0.232 e. The maximum Gasteiger partial charge on any atom is 0.232 e. The molecule has 142 valence electrons. The lowest BCUT2D eigenvalue weighted by molar-refractivity contribution is -0.943. The number of hydrogen-bond acceptors (Lipinski definition) is 1. The number of amides is 1. The number of rotatable bonds is 5. The summed E-state index contributed by atoms with van der Waals surface area (Å²) in [4.78, 5) is 13.1. The number of carbonyl (C=O) groups excluding carboxylic acids is 1. The highest BCUT2D eigenvalue weighted by Gasteiger charge is 2.52. The number of primary amides is 1. The van der Waals surface area contributed by atoms with Gasteiger partial charge in [0.05, 0.1) is 26.2 Å². The number of benzene rings is 2. The fraction of sp³-hybridized carbons (Fsp3) is 0.458. The van der Waals surface area contributed by atoms with Crippen molar-refractivity contribution < 1.29 is 9.28 Å². The number of quaternary nitrogens is 1. The van der Waals surface area contributed by atoms with Crippen molar-refractivity contribution in [3.63, 3.8) is 0 Å². The number of hydrogen-bond donors (Lipinski definition) is 1. The van der Waals surface area contributed by atoms with Gasteiger partial charge in [-0.2, -0.15) is 0 Å². The van der Waals surface area contributed by atoms with E-state index in [1.54, 1.807) is 0 Å². The second kappa shape index (κ2) is 6.79. The van der Waals surface area contributed by atoms with E-state index in [2.05, 4.69) is 38.4 Å². The third-order valence-electron chi connectivity index (χ3n) is 7.50. The molecule has 1 aliphatic carbocycles. The van der Waals surface area contributed by atoms with Crippen LogP contribution in [0.15, 0.2) is 60.7 Å². The number of piperidine rings is 1. The Balaban J connectivity index is 1.82. The van der Waals surface area contributed by atoms with Crippen molar-refractivity contribution in [2.75, 3.05) is 14.1 Å². The van der Waals surface area contributed by atoms with Crippen LogP contribution in [-0.4, -0.2) is 36.6 Å². The van der Waals surface area contributed by atoms with Crippen molar-refractivity contribution in [1.29, 1.82) is 0 Å². The monoisotopic (exact) mass is 363 g/mol. The number of likely N-dealkylation sites (tertiary alicyclic amines) is 1. The van der Waals surface area contributed by atoms with Gasteiger partial charge in [-0.1, -0.05) is 60.7 Å². The van der Waals surface area contributed by atoms with Crippen LogP contribution in [0.25, 0.3) is 0 Å². The molecule has 2 aromatic rings. The second-order valence-corrected chi connectivity index (χ2v) is 9.06. The fourth-order valence-corrected chi connectivity index (χ4v) is 5.73. The Kier molecular flexibility index (Phi) is 4.59. The zero-order chi connectivity index (χ0) is 19.1. The third-order valence-corrected chi connectivity index (χ3v) is 7.50. The maximum atomic E-state index is 13.1. The maximum absolute atomic E-state index is 13.1. The van der Waals surface area contributed by atoms with Crippen LogP contribution in [-0.2, 0) is 10.2 Å². The van der Waals surface area contributed by atoms with Crippen LogP contribution in [0, 0.1) is 5.92 Å². The molecule has 3 atom stereocenters. The lowest BCUT2D eigenvalue weighted by atomic mass is 9.67. The van der Waals surface area contributed by atoms with Crippen LogP contribution in [0.4, 0.5) is 0 Å². The van der Waals surface area contributed by atoms with Crippen molar-refractivity contribution in [3.05, 3.63) is 71.8 Å². The number of carbonyl (C=O) groups is 1. The minimum Gasteiger partial charge on any atom is -0.369 e. The first-order chi connectivity index (χ1) is 12.9. The normalized spacial score (nSPS) is 26.7. The Hall–Kier alpha value is -2.13. The molecule has 1 saturated carbocycles. The first-order valence-corrected chi connectivity index (χ1v) is 10.2. The predicted molar refractivity (Wildman–Crippen MR) is 109 cm³/mol. The molecule has 2 N–H and O–H groups in total. The van der Waals surface area contributed by atoms with Crippen LogP contribution in [0.2, 0.25) is 0 Å². The summed E-state index contributed by atoms with van der Waals surface area (Å²) in [5.74, 6) is 0.570. The average Bonchev–Trinajstić information content (AvgIpc) is 3.11. The topological polar surface area (TPSA) is 43.1 Å². The molecule has 27 heavy (non-hydrogen) atoms. The van der Waals surface area contributed by atoms with Crippen molar-refractivity contribution >= 4 is 5.91 Å². The fourth-order valence-electron chi connectivity index (χ4n) is 5.73. The second-order valence-electron chi connectivity index (χ2n) is 9.06. The minimum atomic E-state index is -0.778. The van der Waals surface area contributed by atoms with Gasteiger partial charge in [0, 0.05) is 19.3 Å². The van der Waals surface area contributed by atoms with Gasteiger partial charge in [0.15, 0.2) is 0 Å². The summed E-state index contributed by atoms with van der Waals surface area (Å²) >= 11 is 0. The molecule has 1 heterocycles. The molecule has 1 aliphatic heterocycles. The van der Waals surface area contributed by atoms with E-state index >= 15 is 0 Å². The molecule has 4 rings (SSSR count). The molecule has 0 spiro atoms. The highest BCUT2D eigenvalue weighted by Crippen LogP contribution is 2.47. The van der Waals surface area contributed by atoms with Crippen LogP contribution in [0.3, 0.4) is 0 Å². The van der Waals surface area contributed by atoms with E-state index in [-0.39, 0.29) is 5.91 Å². The Bertz CT molecular complexity index is 760. The molecular weight excluding hydrogens is 332 g/mol. The molecule has 2 fully saturated rings. The van der Waals surface area contributed by atoms with Gasteiger partial charge in [-0.3, -0.25) is 4.79 Å². The van der Waals surface area contributed by atoms with Crippen LogP contribution in [0.5, 0.6) is 0 Å². The standard InChI is InChI=1S/C24H30N2O/c1-26(2)21-14-13-18(15-21)16-22(26)17-24(23(25)27,19-9-5-3-6-10-19)20-11-7-4-8-12-20/h3-12,18,21-22H,13-17H2,1-2H3,(H-,25,27)/p+1. The van der Waals surface area contributed by atoms with Gasteiger partial charge in [0.1, 0.15) is 5.41 Å². The summed E-state index contributed by atoms with van der Waals surface area (Å²) in [5.41, 5.74) is 7.43. The highest BCUT2D eigenvalue weighted by molar-refractivity contribution is 5.90. The van der Waals surface area contributed by atoms with Gasteiger partial charge < -0.3 is 10.2 Å². The highest BCUT2D eigenvalue weighted by atomic mass is 16.1. The Morgan fingerprint density at radius 2 is 1.52 bits per heavy atom. The summed E-state index contributed by atoms with van der Waals surface area (Å²) < 4.78 is 1.01. The van der Waals surface area contributed by atoms with Crippen molar-refractivity contribution in [2.45, 2.75) is 49.6 Å². The molecule has 1 saturated heterocycles. The summed E-state index contributed by atoms with van der Waals surface area (Å²) in [5, 5.41) is 0. The zero-order valence-electron chi connectivity index (χ0n) is 16.5. The minimum absolute atomic E-state index is 0.238. The molecule has 1 amide bonds. The van der Waals surface area contributed by atoms with E-state index in [4.69, 9.17) is 5.73 Å². The molecule has 3 nitrogen and oxygen atoms in total. The average molecular weight is 364 g/mol. The van der Waals surface area contributed by atoms with Crippen molar-refractivity contribution in [1.82, 2.24) is 0 Å². The lowest BCUT2D eigenvalue weighted by Crippen LogP contribution is -2.60.